The smallest absolute Gasteiger partial charge is 0.321 e. The second kappa shape index (κ2) is 6.83. The molecule has 0 spiro atoms. The number of rotatable bonds is 7. The molecule has 3 unspecified atom stereocenters. The monoisotopic (exact) mass is 231 g/mol. The Kier molecular flexibility index (Phi) is 5.73. The normalized spacial score (nSPS) is 24.2. The summed E-state index contributed by atoms with van der Waals surface area (Å²) in [6.45, 7) is 3.70. The van der Waals surface area contributed by atoms with Gasteiger partial charge in [0.15, 0.2) is 0 Å². The number of ether oxygens (including phenoxy) is 2. The number of carbonyl (C=O) groups is 1. The Balaban J connectivity index is 2.34. The van der Waals surface area contributed by atoms with Crippen LogP contribution in [0.5, 0.6) is 0 Å². The van der Waals surface area contributed by atoms with Gasteiger partial charge in [-0.3, -0.25) is 4.79 Å². The van der Waals surface area contributed by atoms with Crippen LogP contribution < -0.4 is 5.32 Å². The van der Waals surface area contributed by atoms with Crippen molar-refractivity contribution in [2.24, 2.45) is 5.92 Å². The summed E-state index contributed by atoms with van der Waals surface area (Å²) in [6.07, 6.45) is 2.24. The molecule has 3 atom stereocenters. The van der Waals surface area contributed by atoms with Crippen LogP contribution in [0, 0.1) is 5.92 Å². The molecule has 1 aliphatic rings. The second-order valence-corrected chi connectivity index (χ2v) is 4.29. The van der Waals surface area contributed by atoms with Crippen LogP contribution in [-0.4, -0.2) is 50.1 Å². The Morgan fingerprint density at radius 2 is 2.44 bits per heavy atom. The number of hydrogen-bond acceptors (Lipinski definition) is 4. The lowest BCUT2D eigenvalue weighted by Gasteiger charge is -2.22. The zero-order chi connectivity index (χ0) is 12.0. The van der Waals surface area contributed by atoms with Gasteiger partial charge in [0.2, 0.25) is 0 Å². The van der Waals surface area contributed by atoms with E-state index < -0.39 is 12.0 Å². The van der Waals surface area contributed by atoms with E-state index in [1.807, 2.05) is 6.92 Å². The molecule has 5 heteroatoms. The van der Waals surface area contributed by atoms with Crippen molar-refractivity contribution in [3.05, 3.63) is 0 Å². The van der Waals surface area contributed by atoms with Gasteiger partial charge in [0.05, 0.1) is 12.7 Å². The SMILES string of the molecule is COCC(C)C(NCC1CCCO1)C(=O)O. The van der Waals surface area contributed by atoms with Crippen LogP contribution in [0.3, 0.4) is 0 Å². The first-order chi connectivity index (χ1) is 7.65. The average Bonchev–Trinajstić information content (AvgIpc) is 2.70. The fourth-order valence-corrected chi connectivity index (χ4v) is 1.95. The lowest BCUT2D eigenvalue weighted by molar-refractivity contribution is -0.141. The summed E-state index contributed by atoms with van der Waals surface area (Å²) in [6, 6.07) is -0.566. The lowest BCUT2D eigenvalue weighted by Crippen LogP contribution is -2.46. The van der Waals surface area contributed by atoms with Crippen LogP contribution in [0.4, 0.5) is 0 Å². The van der Waals surface area contributed by atoms with E-state index in [4.69, 9.17) is 14.6 Å². The standard InChI is InChI=1S/C11H21NO4/c1-8(7-15-2)10(11(13)14)12-6-9-4-3-5-16-9/h8-10,12H,3-7H2,1-2H3,(H,13,14). The summed E-state index contributed by atoms with van der Waals surface area (Å²) in [4.78, 5) is 11.1. The predicted octanol–water partition coefficient (Wildman–Crippen LogP) is 0.491. The van der Waals surface area contributed by atoms with E-state index in [0.29, 0.717) is 13.2 Å². The van der Waals surface area contributed by atoms with Crippen LogP contribution in [0.1, 0.15) is 19.8 Å². The fourth-order valence-electron chi connectivity index (χ4n) is 1.95. The molecule has 1 fully saturated rings. The second-order valence-electron chi connectivity index (χ2n) is 4.29. The first-order valence-corrected chi connectivity index (χ1v) is 5.72. The molecule has 0 aromatic rings. The molecule has 0 aromatic heterocycles. The molecule has 1 aliphatic heterocycles. The lowest BCUT2D eigenvalue weighted by atomic mass is 10.0. The predicted molar refractivity (Wildman–Crippen MR) is 59.4 cm³/mol. The highest BCUT2D eigenvalue weighted by Gasteiger charge is 2.26. The topological polar surface area (TPSA) is 67.8 Å². The molecular weight excluding hydrogens is 210 g/mol. The summed E-state index contributed by atoms with van der Waals surface area (Å²) < 4.78 is 10.4. The number of hydrogen-bond donors (Lipinski definition) is 2. The highest BCUT2D eigenvalue weighted by Crippen LogP contribution is 2.12. The summed E-state index contributed by atoms with van der Waals surface area (Å²) in [5.41, 5.74) is 0. The number of carboxylic acid groups (broad SMARTS) is 1. The maximum atomic E-state index is 11.1. The van der Waals surface area contributed by atoms with Crippen molar-refractivity contribution in [2.75, 3.05) is 26.9 Å². The van der Waals surface area contributed by atoms with E-state index in [9.17, 15) is 4.79 Å². The Morgan fingerprint density at radius 1 is 1.69 bits per heavy atom. The number of methoxy groups -OCH3 is 1. The first-order valence-electron chi connectivity index (χ1n) is 5.72. The Morgan fingerprint density at radius 3 is 2.94 bits per heavy atom. The average molecular weight is 231 g/mol. The van der Waals surface area contributed by atoms with E-state index in [0.717, 1.165) is 19.4 Å². The van der Waals surface area contributed by atoms with Crippen molar-refractivity contribution >= 4 is 5.97 Å². The van der Waals surface area contributed by atoms with E-state index in [-0.39, 0.29) is 12.0 Å². The molecule has 0 radical (unpaired) electrons. The molecular formula is C11H21NO4. The van der Waals surface area contributed by atoms with Crippen molar-refractivity contribution in [3.8, 4) is 0 Å². The molecule has 94 valence electrons. The van der Waals surface area contributed by atoms with Gasteiger partial charge in [-0.25, -0.2) is 0 Å². The zero-order valence-electron chi connectivity index (χ0n) is 9.94. The van der Waals surface area contributed by atoms with Gasteiger partial charge >= 0.3 is 5.97 Å². The molecule has 0 bridgehead atoms. The van der Waals surface area contributed by atoms with Crippen LogP contribution >= 0.6 is 0 Å². The largest absolute Gasteiger partial charge is 0.480 e. The molecule has 1 heterocycles. The minimum Gasteiger partial charge on any atom is -0.480 e. The van der Waals surface area contributed by atoms with E-state index in [1.54, 1.807) is 7.11 Å². The first kappa shape index (κ1) is 13.4. The Bertz CT molecular complexity index is 216. The summed E-state index contributed by atoms with van der Waals surface area (Å²) in [5, 5.41) is 12.1. The summed E-state index contributed by atoms with van der Waals surface area (Å²) >= 11 is 0. The van der Waals surface area contributed by atoms with Crippen LogP contribution in [0.2, 0.25) is 0 Å². The van der Waals surface area contributed by atoms with Crippen molar-refractivity contribution in [3.63, 3.8) is 0 Å². The minimum absolute atomic E-state index is 0.0519. The highest BCUT2D eigenvalue weighted by atomic mass is 16.5. The van der Waals surface area contributed by atoms with E-state index >= 15 is 0 Å². The molecule has 0 aromatic carbocycles. The molecule has 5 nitrogen and oxygen atoms in total. The fraction of sp³-hybridized carbons (Fsp3) is 0.909. The van der Waals surface area contributed by atoms with Gasteiger partial charge in [0.1, 0.15) is 6.04 Å². The molecule has 0 aliphatic carbocycles. The third kappa shape index (κ3) is 4.08. The van der Waals surface area contributed by atoms with Crippen LogP contribution in [0.15, 0.2) is 0 Å². The van der Waals surface area contributed by atoms with Crippen molar-refractivity contribution in [2.45, 2.75) is 31.9 Å². The molecule has 0 amide bonds. The van der Waals surface area contributed by atoms with E-state index in [1.165, 1.54) is 0 Å². The maximum absolute atomic E-state index is 11.1. The van der Waals surface area contributed by atoms with Gasteiger partial charge in [-0.1, -0.05) is 6.92 Å². The Hall–Kier alpha value is -0.650. The molecule has 1 rings (SSSR count). The van der Waals surface area contributed by atoms with Crippen LogP contribution in [-0.2, 0) is 14.3 Å². The van der Waals surface area contributed by atoms with Gasteiger partial charge in [-0.05, 0) is 12.8 Å². The minimum atomic E-state index is -0.831. The van der Waals surface area contributed by atoms with Gasteiger partial charge in [0, 0.05) is 26.2 Å². The van der Waals surface area contributed by atoms with Gasteiger partial charge < -0.3 is 19.9 Å². The maximum Gasteiger partial charge on any atom is 0.321 e. The highest BCUT2D eigenvalue weighted by molar-refractivity contribution is 5.73. The van der Waals surface area contributed by atoms with Crippen molar-refractivity contribution in [1.82, 2.24) is 5.32 Å². The van der Waals surface area contributed by atoms with Crippen LogP contribution in [0.25, 0.3) is 0 Å². The van der Waals surface area contributed by atoms with E-state index in [2.05, 4.69) is 5.32 Å². The van der Waals surface area contributed by atoms with Crippen molar-refractivity contribution in [1.29, 1.82) is 0 Å². The summed E-state index contributed by atoms with van der Waals surface area (Å²) in [5.74, 6) is -0.883. The molecule has 1 saturated heterocycles. The third-order valence-corrected chi connectivity index (χ3v) is 2.85. The third-order valence-electron chi connectivity index (χ3n) is 2.85. The Labute approximate surface area is 96.1 Å². The van der Waals surface area contributed by atoms with Gasteiger partial charge in [0.25, 0.3) is 0 Å². The number of nitrogens with one attached hydrogen (secondary N) is 1. The molecule has 2 N–H and O–H groups in total. The number of aliphatic carboxylic acids is 1. The van der Waals surface area contributed by atoms with Crippen molar-refractivity contribution < 1.29 is 19.4 Å². The van der Waals surface area contributed by atoms with Gasteiger partial charge in [-0.2, -0.15) is 0 Å². The number of carboxylic acids is 1. The quantitative estimate of drug-likeness (QED) is 0.667. The zero-order valence-corrected chi connectivity index (χ0v) is 9.94. The molecule has 0 saturated carbocycles. The molecule has 16 heavy (non-hydrogen) atoms. The summed E-state index contributed by atoms with van der Waals surface area (Å²) in [7, 11) is 1.58. The van der Waals surface area contributed by atoms with Gasteiger partial charge in [-0.15, -0.1) is 0 Å².